The number of H-pyrrole nitrogens is 1. The Hall–Kier alpha value is -2.01. The number of ether oxygens (including phenoxy) is 1. The molecule has 1 aliphatic rings. The standard InChI is InChI=1S/C14H17N3O2/c1-17-6-5-11-10(8-17)14(16-15-11)9-3-4-12(18)13(7-9)19-2/h3-4,7,18H,5-6,8H2,1-2H3,(H,15,16). The van der Waals surface area contributed by atoms with E-state index in [1.165, 1.54) is 11.3 Å². The summed E-state index contributed by atoms with van der Waals surface area (Å²) in [5.41, 5.74) is 4.35. The maximum Gasteiger partial charge on any atom is 0.161 e. The van der Waals surface area contributed by atoms with E-state index in [2.05, 4.69) is 22.1 Å². The van der Waals surface area contributed by atoms with Crippen molar-refractivity contribution in [1.82, 2.24) is 15.1 Å². The van der Waals surface area contributed by atoms with Crippen molar-refractivity contribution in [1.29, 1.82) is 0 Å². The molecule has 0 bridgehead atoms. The SMILES string of the molecule is COc1cc(-c2n[nH]c3c2CN(C)CC3)ccc1O. The van der Waals surface area contributed by atoms with E-state index >= 15 is 0 Å². The molecule has 0 spiro atoms. The number of nitrogens with one attached hydrogen (secondary N) is 1. The van der Waals surface area contributed by atoms with Gasteiger partial charge in [-0.15, -0.1) is 0 Å². The zero-order valence-corrected chi connectivity index (χ0v) is 11.1. The molecule has 0 unspecified atom stereocenters. The fourth-order valence-corrected chi connectivity index (χ4v) is 2.49. The molecule has 2 aromatic rings. The van der Waals surface area contributed by atoms with Crippen LogP contribution in [0.3, 0.4) is 0 Å². The number of aromatic nitrogens is 2. The molecule has 0 fully saturated rings. The molecular formula is C14H17N3O2. The third kappa shape index (κ3) is 2.06. The Morgan fingerprint density at radius 3 is 3.05 bits per heavy atom. The van der Waals surface area contributed by atoms with Crippen molar-refractivity contribution in [2.75, 3.05) is 20.7 Å². The first kappa shape index (κ1) is 12.0. The number of phenols is 1. The summed E-state index contributed by atoms with van der Waals surface area (Å²) in [6, 6.07) is 5.32. The maximum absolute atomic E-state index is 9.65. The highest BCUT2D eigenvalue weighted by atomic mass is 16.5. The zero-order valence-electron chi connectivity index (χ0n) is 11.1. The molecule has 0 atom stereocenters. The summed E-state index contributed by atoms with van der Waals surface area (Å²) >= 11 is 0. The van der Waals surface area contributed by atoms with E-state index in [-0.39, 0.29) is 5.75 Å². The van der Waals surface area contributed by atoms with Crippen molar-refractivity contribution in [2.45, 2.75) is 13.0 Å². The number of aromatic amines is 1. The molecule has 100 valence electrons. The van der Waals surface area contributed by atoms with Gasteiger partial charge >= 0.3 is 0 Å². The average molecular weight is 259 g/mol. The van der Waals surface area contributed by atoms with Gasteiger partial charge in [0.2, 0.25) is 0 Å². The lowest BCUT2D eigenvalue weighted by Gasteiger charge is -2.22. The Labute approximate surface area is 111 Å². The largest absolute Gasteiger partial charge is 0.504 e. The molecule has 0 amide bonds. The number of hydrogen-bond donors (Lipinski definition) is 2. The van der Waals surface area contributed by atoms with Gasteiger partial charge in [0, 0.05) is 36.3 Å². The molecule has 5 nitrogen and oxygen atoms in total. The van der Waals surface area contributed by atoms with E-state index in [0.29, 0.717) is 5.75 Å². The molecule has 2 heterocycles. The average Bonchev–Trinajstić information content (AvgIpc) is 2.82. The Kier molecular flexibility index (Phi) is 2.91. The topological polar surface area (TPSA) is 61.4 Å². The van der Waals surface area contributed by atoms with Crippen molar-refractivity contribution >= 4 is 0 Å². The molecule has 0 saturated heterocycles. The summed E-state index contributed by atoms with van der Waals surface area (Å²) in [5.74, 6) is 0.617. The van der Waals surface area contributed by atoms with Crippen LogP contribution in [0.4, 0.5) is 0 Å². The second kappa shape index (κ2) is 4.59. The molecule has 0 aliphatic carbocycles. The first-order valence-corrected chi connectivity index (χ1v) is 6.31. The van der Waals surface area contributed by atoms with Crippen LogP contribution in [0.1, 0.15) is 11.3 Å². The number of methoxy groups -OCH3 is 1. The molecule has 0 radical (unpaired) electrons. The maximum atomic E-state index is 9.65. The second-order valence-electron chi connectivity index (χ2n) is 4.90. The van der Waals surface area contributed by atoms with Gasteiger partial charge in [-0.1, -0.05) is 0 Å². The first-order chi connectivity index (χ1) is 9.19. The van der Waals surface area contributed by atoms with E-state index in [1.807, 2.05) is 12.1 Å². The van der Waals surface area contributed by atoms with E-state index in [9.17, 15) is 5.11 Å². The molecule has 1 aromatic heterocycles. The lowest BCUT2D eigenvalue weighted by molar-refractivity contribution is 0.312. The zero-order chi connectivity index (χ0) is 13.4. The summed E-state index contributed by atoms with van der Waals surface area (Å²) in [6.45, 7) is 1.94. The molecule has 3 rings (SSSR count). The third-order valence-electron chi connectivity index (χ3n) is 3.58. The number of likely N-dealkylation sites (N-methyl/N-ethyl adjacent to an activating group) is 1. The molecule has 19 heavy (non-hydrogen) atoms. The van der Waals surface area contributed by atoms with Crippen LogP contribution in [0.5, 0.6) is 11.5 Å². The van der Waals surface area contributed by atoms with E-state index < -0.39 is 0 Å². The van der Waals surface area contributed by atoms with Crippen molar-refractivity contribution in [3.63, 3.8) is 0 Å². The van der Waals surface area contributed by atoms with E-state index in [4.69, 9.17) is 4.74 Å². The van der Waals surface area contributed by atoms with Gasteiger partial charge in [0.15, 0.2) is 11.5 Å². The Morgan fingerprint density at radius 2 is 2.26 bits per heavy atom. The van der Waals surface area contributed by atoms with Crippen LogP contribution >= 0.6 is 0 Å². The fraction of sp³-hybridized carbons (Fsp3) is 0.357. The highest BCUT2D eigenvalue weighted by molar-refractivity contribution is 5.67. The Balaban J connectivity index is 2.05. The lowest BCUT2D eigenvalue weighted by Crippen LogP contribution is -2.26. The number of fused-ring (bicyclic) bond motifs is 1. The van der Waals surface area contributed by atoms with Crippen molar-refractivity contribution in [3.05, 3.63) is 29.5 Å². The van der Waals surface area contributed by atoms with Gasteiger partial charge in [0.05, 0.1) is 12.8 Å². The highest BCUT2D eigenvalue weighted by Gasteiger charge is 2.21. The van der Waals surface area contributed by atoms with Crippen molar-refractivity contribution < 1.29 is 9.84 Å². The predicted molar refractivity (Wildman–Crippen MR) is 72.3 cm³/mol. The van der Waals surface area contributed by atoms with Gasteiger partial charge in [-0.05, 0) is 25.2 Å². The molecule has 2 N–H and O–H groups in total. The molecular weight excluding hydrogens is 242 g/mol. The number of phenolic OH excluding ortho intramolecular Hbond substituents is 1. The van der Waals surface area contributed by atoms with Gasteiger partial charge in [-0.3, -0.25) is 5.10 Å². The molecule has 0 saturated carbocycles. The Bertz CT molecular complexity index is 607. The normalized spacial score (nSPS) is 15.3. The van der Waals surface area contributed by atoms with E-state index in [1.54, 1.807) is 13.2 Å². The van der Waals surface area contributed by atoms with Gasteiger partial charge in [0.25, 0.3) is 0 Å². The quantitative estimate of drug-likeness (QED) is 0.863. The number of hydrogen-bond acceptors (Lipinski definition) is 4. The van der Waals surface area contributed by atoms with Gasteiger partial charge < -0.3 is 14.7 Å². The number of benzene rings is 1. The van der Waals surface area contributed by atoms with Crippen LogP contribution < -0.4 is 4.74 Å². The summed E-state index contributed by atoms with van der Waals surface area (Å²) in [5, 5.41) is 17.2. The summed E-state index contributed by atoms with van der Waals surface area (Å²) in [4.78, 5) is 2.28. The van der Waals surface area contributed by atoms with Crippen LogP contribution in [0.25, 0.3) is 11.3 Å². The number of aromatic hydroxyl groups is 1. The van der Waals surface area contributed by atoms with Crippen LogP contribution in [-0.2, 0) is 13.0 Å². The van der Waals surface area contributed by atoms with Crippen LogP contribution in [-0.4, -0.2) is 40.9 Å². The van der Waals surface area contributed by atoms with Crippen molar-refractivity contribution in [3.8, 4) is 22.8 Å². The Morgan fingerprint density at radius 1 is 1.42 bits per heavy atom. The van der Waals surface area contributed by atoms with Gasteiger partial charge in [-0.2, -0.15) is 5.10 Å². The van der Waals surface area contributed by atoms with Crippen molar-refractivity contribution in [2.24, 2.45) is 0 Å². The summed E-state index contributed by atoms with van der Waals surface area (Å²) < 4.78 is 5.15. The monoisotopic (exact) mass is 259 g/mol. The minimum absolute atomic E-state index is 0.146. The minimum atomic E-state index is 0.146. The third-order valence-corrected chi connectivity index (χ3v) is 3.58. The molecule has 1 aliphatic heterocycles. The number of nitrogens with zero attached hydrogens (tertiary/aromatic N) is 2. The van der Waals surface area contributed by atoms with Crippen LogP contribution in [0, 0.1) is 0 Å². The first-order valence-electron chi connectivity index (χ1n) is 6.31. The highest BCUT2D eigenvalue weighted by Crippen LogP contribution is 2.34. The van der Waals surface area contributed by atoms with Crippen LogP contribution in [0.2, 0.25) is 0 Å². The van der Waals surface area contributed by atoms with Crippen LogP contribution in [0.15, 0.2) is 18.2 Å². The van der Waals surface area contributed by atoms with E-state index in [0.717, 1.165) is 30.8 Å². The molecule has 5 heteroatoms. The van der Waals surface area contributed by atoms with Gasteiger partial charge in [-0.25, -0.2) is 0 Å². The molecule has 1 aromatic carbocycles. The summed E-state index contributed by atoms with van der Waals surface area (Å²) in [6.07, 6.45) is 0.994. The predicted octanol–water partition coefficient (Wildman–Crippen LogP) is 1.78. The second-order valence-corrected chi connectivity index (χ2v) is 4.90. The minimum Gasteiger partial charge on any atom is -0.504 e. The smallest absolute Gasteiger partial charge is 0.161 e. The summed E-state index contributed by atoms with van der Waals surface area (Å²) in [7, 11) is 3.66. The fourth-order valence-electron chi connectivity index (χ4n) is 2.49. The number of rotatable bonds is 2. The lowest BCUT2D eigenvalue weighted by atomic mass is 10.0. The van der Waals surface area contributed by atoms with Gasteiger partial charge in [0.1, 0.15) is 0 Å².